The maximum absolute atomic E-state index is 12.2. The molecule has 0 saturated carbocycles. The molecule has 0 bridgehead atoms. The maximum atomic E-state index is 12.2. The predicted molar refractivity (Wildman–Crippen MR) is 82.2 cm³/mol. The highest BCUT2D eigenvalue weighted by Crippen LogP contribution is 2.26. The zero-order chi connectivity index (χ0) is 15.1. The highest BCUT2D eigenvalue weighted by atomic mass is 79.9. The molecule has 0 atom stereocenters. The van der Waals surface area contributed by atoms with Gasteiger partial charge in [0.05, 0.1) is 11.3 Å². The number of amides is 2. The Hall–Kier alpha value is -1.82. The molecule has 0 aliphatic carbocycles. The molecular weight excluding hydrogens is 324 g/mol. The van der Waals surface area contributed by atoms with E-state index in [1.54, 1.807) is 23.1 Å². The highest BCUT2D eigenvalue weighted by molar-refractivity contribution is 9.10. The third-order valence-electron chi connectivity index (χ3n) is 2.61. The van der Waals surface area contributed by atoms with E-state index in [9.17, 15) is 9.59 Å². The van der Waals surface area contributed by atoms with E-state index in [4.69, 9.17) is 5.11 Å². The van der Waals surface area contributed by atoms with Gasteiger partial charge in [-0.1, -0.05) is 19.1 Å². The van der Waals surface area contributed by atoms with Crippen LogP contribution in [0, 0.1) is 0 Å². The van der Waals surface area contributed by atoms with E-state index in [1.807, 2.05) is 6.92 Å². The summed E-state index contributed by atoms with van der Waals surface area (Å²) >= 11 is 3.25. The third-order valence-corrected chi connectivity index (χ3v) is 3.27. The fraction of sp³-hybridized carbons (Fsp3) is 0.286. The molecule has 1 rings (SSSR count). The van der Waals surface area contributed by atoms with Crippen molar-refractivity contribution < 1.29 is 14.7 Å². The lowest BCUT2D eigenvalue weighted by Crippen LogP contribution is -2.36. The molecule has 0 heterocycles. The number of nitrogens with zero attached hydrogens (tertiary/aromatic N) is 1. The lowest BCUT2D eigenvalue weighted by Gasteiger charge is -2.22. The first-order valence-corrected chi connectivity index (χ1v) is 6.99. The monoisotopic (exact) mass is 340 g/mol. The molecule has 1 aromatic carbocycles. The fourth-order valence-electron chi connectivity index (χ4n) is 1.72. The van der Waals surface area contributed by atoms with Gasteiger partial charge in [-0.2, -0.15) is 0 Å². The lowest BCUT2D eigenvalue weighted by atomic mass is 10.2. The number of benzene rings is 1. The van der Waals surface area contributed by atoms with Crippen LogP contribution in [0.15, 0.2) is 35.3 Å². The van der Waals surface area contributed by atoms with Crippen molar-refractivity contribution in [3.63, 3.8) is 0 Å². The normalized spacial score (nSPS) is 9.90. The van der Waals surface area contributed by atoms with Crippen molar-refractivity contribution in [2.45, 2.75) is 13.3 Å². The van der Waals surface area contributed by atoms with Gasteiger partial charge in [0.2, 0.25) is 0 Å². The van der Waals surface area contributed by atoms with E-state index in [2.05, 4.69) is 27.8 Å². The average molecular weight is 341 g/mol. The van der Waals surface area contributed by atoms with E-state index in [0.29, 0.717) is 17.6 Å². The van der Waals surface area contributed by atoms with Crippen LogP contribution in [-0.2, 0) is 0 Å². The van der Waals surface area contributed by atoms with E-state index in [0.717, 1.165) is 6.42 Å². The molecule has 0 aliphatic rings. The van der Waals surface area contributed by atoms with Crippen molar-refractivity contribution in [1.82, 2.24) is 4.90 Å². The zero-order valence-corrected chi connectivity index (χ0v) is 12.8. The van der Waals surface area contributed by atoms with Crippen LogP contribution >= 0.6 is 15.9 Å². The van der Waals surface area contributed by atoms with Crippen LogP contribution in [0.2, 0.25) is 0 Å². The minimum Gasteiger partial charge on any atom is -0.478 e. The number of rotatable bonds is 6. The predicted octanol–water partition coefficient (Wildman–Crippen LogP) is 3.58. The number of urea groups is 1. The van der Waals surface area contributed by atoms with Crippen LogP contribution in [0.4, 0.5) is 10.5 Å². The van der Waals surface area contributed by atoms with Gasteiger partial charge < -0.3 is 15.3 Å². The van der Waals surface area contributed by atoms with Crippen molar-refractivity contribution in [3.8, 4) is 0 Å². The number of carbonyl (C=O) groups is 2. The molecule has 0 radical (unpaired) electrons. The van der Waals surface area contributed by atoms with Gasteiger partial charge in [-0.05, 0) is 34.5 Å². The number of carboxylic acids is 1. The second-order valence-corrected chi connectivity index (χ2v) is 4.99. The first-order chi connectivity index (χ1) is 9.51. The summed E-state index contributed by atoms with van der Waals surface area (Å²) in [6.07, 6.45) is 2.44. The highest BCUT2D eigenvalue weighted by Gasteiger charge is 2.18. The molecule has 0 fully saturated rings. The van der Waals surface area contributed by atoms with Crippen LogP contribution < -0.4 is 5.32 Å². The summed E-state index contributed by atoms with van der Waals surface area (Å²) in [6.45, 7) is 6.56. The van der Waals surface area contributed by atoms with E-state index >= 15 is 0 Å². The molecule has 0 aromatic heterocycles. The molecule has 6 heteroatoms. The molecule has 0 aliphatic heterocycles. The first-order valence-electron chi connectivity index (χ1n) is 6.19. The number of hydrogen-bond donors (Lipinski definition) is 2. The molecule has 0 saturated heterocycles. The molecule has 1 aromatic rings. The first kappa shape index (κ1) is 16.2. The number of nitrogens with one attached hydrogen (secondary N) is 1. The average Bonchev–Trinajstić information content (AvgIpc) is 2.40. The Morgan fingerprint density at radius 3 is 2.75 bits per heavy atom. The SMILES string of the molecule is C=CCN(CCC)C(=O)Nc1c(Br)cccc1C(=O)O. The summed E-state index contributed by atoms with van der Waals surface area (Å²) in [5.41, 5.74) is 0.304. The summed E-state index contributed by atoms with van der Waals surface area (Å²) in [5, 5.41) is 11.8. The van der Waals surface area contributed by atoms with Crippen LogP contribution in [0.1, 0.15) is 23.7 Å². The van der Waals surface area contributed by atoms with Crippen molar-refractivity contribution in [3.05, 3.63) is 40.9 Å². The van der Waals surface area contributed by atoms with E-state index in [-0.39, 0.29) is 17.3 Å². The van der Waals surface area contributed by atoms with Crippen LogP contribution in [0.25, 0.3) is 0 Å². The molecule has 5 nitrogen and oxygen atoms in total. The molecule has 0 spiro atoms. The third kappa shape index (κ3) is 4.09. The molecule has 20 heavy (non-hydrogen) atoms. The van der Waals surface area contributed by atoms with Gasteiger partial charge >= 0.3 is 12.0 Å². The summed E-state index contributed by atoms with van der Waals surface area (Å²) in [5.74, 6) is -1.09. The Labute approximate surface area is 126 Å². The standard InChI is InChI=1S/C14H17BrN2O3/c1-3-8-17(9-4-2)14(20)16-12-10(13(18)19)6-5-7-11(12)15/h3,5-7H,1,4,8-9H2,2H3,(H,16,20)(H,18,19). The van der Waals surface area contributed by atoms with Gasteiger partial charge in [0, 0.05) is 17.6 Å². The summed E-state index contributed by atoms with van der Waals surface area (Å²) in [4.78, 5) is 24.9. The van der Waals surface area contributed by atoms with Gasteiger partial charge in [-0.25, -0.2) is 9.59 Å². The van der Waals surface area contributed by atoms with Gasteiger partial charge in [0.15, 0.2) is 0 Å². The summed E-state index contributed by atoms with van der Waals surface area (Å²) in [6, 6.07) is 4.39. The zero-order valence-electron chi connectivity index (χ0n) is 11.2. The Balaban J connectivity index is 2.99. The molecule has 2 amide bonds. The van der Waals surface area contributed by atoms with Crippen molar-refractivity contribution in [2.24, 2.45) is 0 Å². The van der Waals surface area contributed by atoms with Crippen LogP contribution in [0.5, 0.6) is 0 Å². The van der Waals surface area contributed by atoms with E-state index < -0.39 is 5.97 Å². The van der Waals surface area contributed by atoms with Gasteiger partial charge in [0.25, 0.3) is 0 Å². The topological polar surface area (TPSA) is 69.6 Å². The van der Waals surface area contributed by atoms with Crippen molar-refractivity contribution >= 4 is 33.6 Å². The second-order valence-electron chi connectivity index (χ2n) is 4.13. The van der Waals surface area contributed by atoms with Gasteiger partial charge in [-0.3, -0.25) is 0 Å². The number of carboxylic acid groups (broad SMARTS) is 1. The van der Waals surface area contributed by atoms with Crippen LogP contribution in [-0.4, -0.2) is 35.1 Å². The number of aromatic carboxylic acids is 1. The number of carbonyl (C=O) groups excluding carboxylic acids is 1. The minimum atomic E-state index is -1.09. The van der Waals surface area contributed by atoms with Gasteiger partial charge in [-0.15, -0.1) is 6.58 Å². The number of halogens is 1. The molecule has 0 unspecified atom stereocenters. The van der Waals surface area contributed by atoms with Crippen molar-refractivity contribution in [1.29, 1.82) is 0 Å². The molecule has 108 valence electrons. The Morgan fingerprint density at radius 2 is 2.20 bits per heavy atom. The minimum absolute atomic E-state index is 0.0442. The quantitative estimate of drug-likeness (QED) is 0.777. The molecular formula is C14H17BrN2O3. The second kappa shape index (κ2) is 7.69. The fourth-order valence-corrected chi connectivity index (χ4v) is 2.18. The number of hydrogen-bond acceptors (Lipinski definition) is 2. The summed E-state index contributed by atoms with van der Waals surface area (Å²) in [7, 11) is 0. The van der Waals surface area contributed by atoms with E-state index in [1.165, 1.54) is 6.07 Å². The Kier molecular flexibility index (Phi) is 6.24. The maximum Gasteiger partial charge on any atom is 0.337 e. The van der Waals surface area contributed by atoms with Crippen LogP contribution in [0.3, 0.4) is 0 Å². The summed E-state index contributed by atoms with van der Waals surface area (Å²) < 4.78 is 0.529. The Morgan fingerprint density at radius 1 is 1.50 bits per heavy atom. The number of anilines is 1. The van der Waals surface area contributed by atoms with Gasteiger partial charge in [0.1, 0.15) is 0 Å². The number of para-hydroxylation sites is 1. The Bertz CT molecular complexity index is 517. The lowest BCUT2D eigenvalue weighted by molar-refractivity contribution is 0.0698. The smallest absolute Gasteiger partial charge is 0.337 e. The molecule has 2 N–H and O–H groups in total. The largest absolute Gasteiger partial charge is 0.478 e. The van der Waals surface area contributed by atoms with Crippen molar-refractivity contribution in [2.75, 3.05) is 18.4 Å².